The maximum atomic E-state index is 11.0. The van der Waals surface area contributed by atoms with Crippen LogP contribution in [0.15, 0.2) is 36.7 Å². The summed E-state index contributed by atoms with van der Waals surface area (Å²) in [6.45, 7) is 0.237. The Hall–Kier alpha value is -3.03. The number of carbonyl (C=O) groups is 1. The predicted octanol–water partition coefficient (Wildman–Crippen LogP) is 1.70. The number of carboxylic acids is 1. The SMILES string of the molecule is O=C(O)c1cc(OCCc2ccccn2)ncc1[N+](=O)[O-]. The van der Waals surface area contributed by atoms with Gasteiger partial charge in [0.05, 0.1) is 11.5 Å². The van der Waals surface area contributed by atoms with E-state index in [2.05, 4.69) is 9.97 Å². The molecule has 0 atom stereocenters. The molecule has 1 N–H and O–H groups in total. The number of nitro groups is 1. The standard InChI is InChI=1S/C13H11N3O5/c17-13(18)10-7-12(15-8-11(10)16(19)20)21-6-4-9-3-1-2-5-14-9/h1-3,5,7-8H,4,6H2,(H,17,18). The number of hydrogen-bond donors (Lipinski definition) is 1. The van der Waals surface area contributed by atoms with Gasteiger partial charge in [0.1, 0.15) is 11.8 Å². The van der Waals surface area contributed by atoms with E-state index in [0.717, 1.165) is 18.0 Å². The minimum absolute atomic E-state index is 0.0222. The fourth-order valence-electron chi connectivity index (χ4n) is 1.63. The molecule has 0 aromatic carbocycles. The molecule has 21 heavy (non-hydrogen) atoms. The van der Waals surface area contributed by atoms with Gasteiger partial charge in [0.2, 0.25) is 5.88 Å². The van der Waals surface area contributed by atoms with Crippen LogP contribution in [-0.4, -0.2) is 32.6 Å². The average molecular weight is 289 g/mol. The lowest BCUT2D eigenvalue weighted by Crippen LogP contribution is -2.07. The molecule has 0 fully saturated rings. The second-order valence-corrected chi connectivity index (χ2v) is 4.02. The van der Waals surface area contributed by atoms with Gasteiger partial charge in [0.25, 0.3) is 0 Å². The number of aromatic nitrogens is 2. The quantitative estimate of drug-likeness (QED) is 0.635. The van der Waals surface area contributed by atoms with E-state index < -0.39 is 22.1 Å². The molecule has 0 aliphatic carbocycles. The number of nitrogens with zero attached hydrogens (tertiary/aromatic N) is 3. The van der Waals surface area contributed by atoms with E-state index in [-0.39, 0.29) is 12.5 Å². The lowest BCUT2D eigenvalue weighted by atomic mass is 10.2. The van der Waals surface area contributed by atoms with Gasteiger partial charge >= 0.3 is 11.7 Å². The lowest BCUT2D eigenvalue weighted by molar-refractivity contribution is -0.385. The van der Waals surface area contributed by atoms with Crippen LogP contribution in [0.1, 0.15) is 16.1 Å². The Morgan fingerprint density at radius 3 is 2.81 bits per heavy atom. The van der Waals surface area contributed by atoms with Crippen LogP contribution >= 0.6 is 0 Å². The van der Waals surface area contributed by atoms with E-state index in [1.165, 1.54) is 0 Å². The van der Waals surface area contributed by atoms with Gasteiger partial charge in [-0.1, -0.05) is 6.07 Å². The Bertz CT molecular complexity index is 660. The number of ether oxygens (including phenoxy) is 1. The van der Waals surface area contributed by atoms with Crippen LogP contribution in [0.2, 0.25) is 0 Å². The van der Waals surface area contributed by atoms with E-state index in [1.807, 2.05) is 12.1 Å². The molecule has 0 bridgehead atoms. The van der Waals surface area contributed by atoms with Gasteiger partial charge in [-0.05, 0) is 12.1 Å². The van der Waals surface area contributed by atoms with Gasteiger partial charge < -0.3 is 9.84 Å². The zero-order valence-corrected chi connectivity index (χ0v) is 10.8. The van der Waals surface area contributed by atoms with Gasteiger partial charge in [-0.3, -0.25) is 15.1 Å². The van der Waals surface area contributed by atoms with Crippen LogP contribution in [-0.2, 0) is 6.42 Å². The smallest absolute Gasteiger partial charge is 0.342 e. The van der Waals surface area contributed by atoms with E-state index in [4.69, 9.17) is 9.84 Å². The number of aromatic carboxylic acids is 1. The first kappa shape index (κ1) is 14.4. The van der Waals surface area contributed by atoms with Crippen molar-refractivity contribution in [1.29, 1.82) is 0 Å². The van der Waals surface area contributed by atoms with Crippen LogP contribution < -0.4 is 4.74 Å². The molecule has 0 saturated carbocycles. The summed E-state index contributed by atoms with van der Waals surface area (Å²) in [4.78, 5) is 28.7. The maximum absolute atomic E-state index is 11.0. The van der Waals surface area contributed by atoms with Crippen molar-refractivity contribution in [3.05, 3.63) is 58.0 Å². The molecule has 8 heteroatoms. The summed E-state index contributed by atoms with van der Waals surface area (Å²) in [7, 11) is 0. The normalized spacial score (nSPS) is 10.1. The fraction of sp³-hybridized carbons (Fsp3) is 0.154. The van der Waals surface area contributed by atoms with E-state index in [9.17, 15) is 14.9 Å². The summed E-state index contributed by atoms with van der Waals surface area (Å²) in [5.74, 6) is -1.38. The van der Waals surface area contributed by atoms with Crippen molar-refractivity contribution >= 4 is 11.7 Å². The summed E-state index contributed by atoms with van der Waals surface area (Å²) < 4.78 is 5.30. The van der Waals surface area contributed by atoms with Crippen molar-refractivity contribution in [2.45, 2.75) is 6.42 Å². The molecule has 2 rings (SSSR count). The lowest BCUT2D eigenvalue weighted by Gasteiger charge is -2.05. The first-order chi connectivity index (χ1) is 10.1. The molecule has 2 heterocycles. The highest BCUT2D eigenvalue weighted by Crippen LogP contribution is 2.21. The van der Waals surface area contributed by atoms with Gasteiger partial charge in [-0.15, -0.1) is 0 Å². The predicted molar refractivity (Wildman–Crippen MR) is 71.3 cm³/mol. The summed E-state index contributed by atoms with van der Waals surface area (Å²) in [6, 6.07) is 6.50. The maximum Gasteiger partial charge on any atom is 0.342 e. The Kier molecular flexibility index (Phi) is 4.39. The Labute approximate surface area is 119 Å². The van der Waals surface area contributed by atoms with Crippen molar-refractivity contribution in [3.8, 4) is 5.88 Å². The topological polar surface area (TPSA) is 115 Å². The van der Waals surface area contributed by atoms with Crippen LogP contribution in [0.5, 0.6) is 5.88 Å². The number of rotatable bonds is 6. The van der Waals surface area contributed by atoms with E-state index in [0.29, 0.717) is 6.42 Å². The number of carboxylic acid groups (broad SMARTS) is 1. The zero-order chi connectivity index (χ0) is 15.2. The van der Waals surface area contributed by atoms with Gasteiger partial charge in [0.15, 0.2) is 0 Å². The van der Waals surface area contributed by atoms with Crippen molar-refractivity contribution in [1.82, 2.24) is 9.97 Å². The largest absolute Gasteiger partial charge is 0.477 e. The molecule has 0 amide bonds. The highest BCUT2D eigenvalue weighted by Gasteiger charge is 2.21. The third-order valence-corrected chi connectivity index (χ3v) is 2.62. The van der Waals surface area contributed by atoms with Gasteiger partial charge in [-0.2, -0.15) is 0 Å². The van der Waals surface area contributed by atoms with Crippen LogP contribution in [0.25, 0.3) is 0 Å². The second-order valence-electron chi connectivity index (χ2n) is 4.02. The Balaban J connectivity index is 2.05. The monoisotopic (exact) mass is 289 g/mol. The molecule has 108 valence electrons. The number of pyridine rings is 2. The van der Waals surface area contributed by atoms with Crippen LogP contribution in [0, 0.1) is 10.1 Å². The zero-order valence-electron chi connectivity index (χ0n) is 10.8. The molecule has 8 nitrogen and oxygen atoms in total. The first-order valence-electron chi connectivity index (χ1n) is 5.98. The fourth-order valence-corrected chi connectivity index (χ4v) is 1.63. The van der Waals surface area contributed by atoms with Crippen LogP contribution in [0.4, 0.5) is 5.69 Å². The van der Waals surface area contributed by atoms with Crippen molar-refractivity contribution in [2.75, 3.05) is 6.61 Å². The molecule has 0 unspecified atom stereocenters. The van der Waals surface area contributed by atoms with Gasteiger partial charge in [-0.25, -0.2) is 9.78 Å². The summed E-state index contributed by atoms with van der Waals surface area (Å²) in [6.07, 6.45) is 3.05. The Morgan fingerprint density at radius 2 is 2.19 bits per heavy atom. The highest BCUT2D eigenvalue weighted by atomic mass is 16.6. The summed E-state index contributed by atoms with van der Waals surface area (Å²) in [5.41, 5.74) is -0.208. The molecular formula is C13H11N3O5. The van der Waals surface area contributed by atoms with E-state index >= 15 is 0 Å². The third kappa shape index (κ3) is 3.72. The minimum Gasteiger partial charge on any atom is -0.477 e. The van der Waals surface area contributed by atoms with Crippen molar-refractivity contribution in [2.24, 2.45) is 0 Å². The molecule has 0 aliphatic rings. The van der Waals surface area contributed by atoms with Crippen molar-refractivity contribution < 1.29 is 19.6 Å². The third-order valence-electron chi connectivity index (χ3n) is 2.62. The molecule has 2 aromatic rings. The highest BCUT2D eigenvalue weighted by molar-refractivity contribution is 5.92. The molecule has 2 aromatic heterocycles. The average Bonchev–Trinajstić information content (AvgIpc) is 2.48. The van der Waals surface area contributed by atoms with Crippen molar-refractivity contribution in [3.63, 3.8) is 0 Å². The van der Waals surface area contributed by atoms with E-state index in [1.54, 1.807) is 12.3 Å². The summed E-state index contributed by atoms with van der Waals surface area (Å²) >= 11 is 0. The molecule has 0 radical (unpaired) electrons. The first-order valence-corrected chi connectivity index (χ1v) is 5.98. The molecule has 0 saturated heterocycles. The molecule has 0 aliphatic heterocycles. The molecule has 0 spiro atoms. The number of hydrogen-bond acceptors (Lipinski definition) is 6. The van der Waals surface area contributed by atoms with Gasteiger partial charge in [0, 0.05) is 24.4 Å². The minimum atomic E-state index is -1.40. The molecular weight excluding hydrogens is 278 g/mol. The van der Waals surface area contributed by atoms with Crippen LogP contribution in [0.3, 0.4) is 0 Å². The second kappa shape index (κ2) is 6.42. The Morgan fingerprint density at radius 1 is 1.38 bits per heavy atom. The summed E-state index contributed by atoms with van der Waals surface area (Å²) in [5, 5.41) is 19.6.